The standard InChI is InChI=1S/C16H26ClNO3SSi/c1-16(2,3)23(5,6)21-13-7-8-14-12(10-17)11-18(15(14)9-13)22(4,19)20/h7-9,12H,10-11H2,1-6H3. The van der Waals surface area contributed by atoms with E-state index in [4.69, 9.17) is 16.0 Å². The Labute approximate surface area is 146 Å². The molecule has 130 valence electrons. The lowest BCUT2D eigenvalue weighted by Gasteiger charge is -2.36. The fraction of sp³-hybridized carbons (Fsp3) is 0.625. The Morgan fingerprint density at radius 3 is 2.43 bits per heavy atom. The van der Waals surface area contributed by atoms with Gasteiger partial charge >= 0.3 is 0 Å². The summed E-state index contributed by atoms with van der Waals surface area (Å²) in [6.45, 7) is 11.3. The first kappa shape index (κ1) is 18.6. The summed E-state index contributed by atoms with van der Waals surface area (Å²) in [7, 11) is -5.28. The highest BCUT2D eigenvalue weighted by Crippen LogP contribution is 2.43. The van der Waals surface area contributed by atoms with Gasteiger partial charge in [-0.1, -0.05) is 26.8 Å². The molecular weight excluding hydrogens is 350 g/mol. The second-order valence-electron chi connectivity index (χ2n) is 7.73. The number of hydrogen-bond acceptors (Lipinski definition) is 3. The molecule has 2 rings (SSSR count). The van der Waals surface area contributed by atoms with Crippen LogP contribution in [0.2, 0.25) is 18.1 Å². The maximum atomic E-state index is 12.1. The van der Waals surface area contributed by atoms with Crippen LogP contribution in [-0.4, -0.2) is 35.4 Å². The topological polar surface area (TPSA) is 46.6 Å². The summed E-state index contributed by atoms with van der Waals surface area (Å²) < 4.78 is 31.9. The van der Waals surface area contributed by atoms with E-state index >= 15 is 0 Å². The molecule has 4 nitrogen and oxygen atoms in total. The third kappa shape index (κ3) is 3.69. The number of benzene rings is 1. The van der Waals surface area contributed by atoms with Gasteiger partial charge in [-0.2, -0.15) is 0 Å². The summed E-state index contributed by atoms with van der Waals surface area (Å²) in [4.78, 5) is 0. The zero-order valence-corrected chi connectivity index (χ0v) is 17.3. The van der Waals surface area contributed by atoms with E-state index < -0.39 is 18.3 Å². The molecule has 1 heterocycles. The van der Waals surface area contributed by atoms with Gasteiger partial charge in [-0.05, 0) is 29.8 Å². The second-order valence-corrected chi connectivity index (χ2v) is 14.7. The van der Waals surface area contributed by atoms with Crippen molar-refractivity contribution in [2.24, 2.45) is 0 Å². The van der Waals surface area contributed by atoms with Gasteiger partial charge in [0, 0.05) is 24.4 Å². The number of fused-ring (bicyclic) bond motifs is 1. The van der Waals surface area contributed by atoms with Crippen molar-refractivity contribution in [2.75, 3.05) is 23.0 Å². The normalized spacial score (nSPS) is 18.9. The van der Waals surface area contributed by atoms with Crippen molar-refractivity contribution < 1.29 is 12.8 Å². The first-order valence-corrected chi connectivity index (χ1v) is 13.0. The number of halogens is 1. The molecule has 1 atom stereocenters. The summed E-state index contributed by atoms with van der Waals surface area (Å²) in [6, 6.07) is 5.74. The van der Waals surface area contributed by atoms with Crippen LogP contribution in [-0.2, 0) is 10.0 Å². The van der Waals surface area contributed by atoms with Crippen molar-refractivity contribution >= 4 is 35.6 Å². The highest BCUT2D eigenvalue weighted by molar-refractivity contribution is 7.92. The quantitative estimate of drug-likeness (QED) is 0.586. The van der Waals surface area contributed by atoms with E-state index in [0.717, 1.165) is 11.3 Å². The van der Waals surface area contributed by atoms with Gasteiger partial charge in [0.15, 0.2) is 0 Å². The first-order chi connectivity index (χ1) is 10.4. The molecule has 0 aromatic heterocycles. The molecule has 0 spiro atoms. The average molecular weight is 376 g/mol. The maximum Gasteiger partial charge on any atom is 0.250 e. The smallest absolute Gasteiger partial charge is 0.250 e. The third-order valence-corrected chi connectivity index (χ3v) is 10.7. The van der Waals surface area contributed by atoms with Crippen LogP contribution in [0.1, 0.15) is 32.3 Å². The molecule has 0 aliphatic carbocycles. The molecule has 7 heteroatoms. The van der Waals surface area contributed by atoms with Gasteiger partial charge in [0.2, 0.25) is 18.3 Å². The summed E-state index contributed by atoms with van der Waals surface area (Å²) in [5.41, 5.74) is 1.68. The van der Waals surface area contributed by atoms with E-state index in [1.54, 1.807) is 0 Å². The monoisotopic (exact) mass is 375 g/mol. The van der Waals surface area contributed by atoms with Crippen molar-refractivity contribution in [2.45, 2.75) is 44.8 Å². The molecule has 0 saturated carbocycles. The Morgan fingerprint density at radius 1 is 1.35 bits per heavy atom. The Hall–Kier alpha value is -0.723. The van der Waals surface area contributed by atoms with E-state index in [9.17, 15) is 8.42 Å². The molecule has 1 aromatic carbocycles. The molecule has 0 N–H and O–H groups in total. The lowest BCUT2D eigenvalue weighted by Crippen LogP contribution is -2.43. The van der Waals surface area contributed by atoms with Gasteiger partial charge in [-0.15, -0.1) is 11.6 Å². The van der Waals surface area contributed by atoms with Crippen LogP contribution in [0.5, 0.6) is 5.75 Å². The number of anilines is 1. The van der Waals surface area contributed by atoms with Crippen LogP contribution in [0, 0.1) is 0 Å². The molecule has 0 fully saturated rings. The minimum Gasteiger partial charge on any atom is -0.543 e. The molecule has 1 aliphatic heterocycles. The molecular formula is C16H26ClNO3SSi. The van der Waals surface area contributed by atoms with Gasteiger partial charge in [0.05, 0.1) is 11.9 Å². The summed E-state index contributed by atoms with van der Waals surface area (Å²) in [5.74, 6) is 1.17. The first-order valence-electron chi connectivity index (χ1n) is 7.73. The highest BCUT2D eigenvalue weighted by Gasteiger charge is 2.40. The lowest BCUT2D eigenvalue weighted by atomic mass is 10.0. The van der Waals surface area contributed by atoms with Crippen molar-refractivity contribution in [3.63, 3.8) is 0 Å². The molecule has 0 radical (unpaired) electrons. The van der Waals surface area contributed by atoms with Crippen molar-refractivity contribution in [1.82, 2.24) is 0 Å². The van der Waals surface area contributed by atoms with Gasteiger partial charge in [0.1, 0.15) is 5.75 Å². The molecule has 1 aromatic rings. The van der Waals surface area contributed by atoms with E-state index in [-0.39, 0.29) is 11.0 Å². The van der Waals surface area contributed by atoms with Crippen LogP contribution in [0.4, 0.5) is 5.69 Å². The number of hydrogen-bond donors (Lipinski definition) is 0. The number of sulfonamides is 1. The fourth-order valence-corrected chi connectivity index (χ4v) is 4.69. The molecule has 1 unspecified atom stereocenters. The van der Waals surface area contributed by atoms with Gasteiger partial charge < -0.3 is 4.43 Å². The molecule has 0 saturated heterocycles. The van der Waals surface area contributed by atoms with Crippen molar-refractivity contribution in [3.05, 3.63) is 23.8 Å². The zero-order chi connectivity index (χ0) is 17.6. The van der Waals surface area contributed by atoms with Crippen LogP contribution < -0.4 is 8.73 Å². The lowest BCUT2D eigenvalue weighted by molar-refractivity contribution is 0.492. The van der Waals surface area contributed by atoms with Crippen LogP contribution >= 0.6 is 11.6 Å². The van der Waals surface area contributed by atoms with Gasteiger partial charge in [-0.25, -0.2) is 8.42 Å². The Balaban J connectivity index is 2.42. The van der Waals surface area contributed by atoms with Crippen molar-refractivity contribution in [3.8, 4) is 5.75 Å². The second kappa shape index (κ2) is 5.97. The summed E-state index contributed by atoms with van der Waals surface area (Å²) >= 11 is 6.01. The van der Waals surface area contributed by atoms with Gasteiger partial charge in [0.25, 0.3) is 0 Å². The maximum absolute atomic E-state index is 12.1. The highest BCUT2D eigenvalue weighted by atomic mass is 35.5. The summed E-state index contributed by atoms with van der Waals surface area (Å²) in [5, 5.41) is 0.0845. The van der Waals surface area contributed by atoms with Crippen molar-refractivity contribution in [1.29, 1.82) is 0 Å². The third-order valence-electron chi connectivity index (χ3n) is 4.86. The van der Waals surface area contributed by atoms with E-state index in [2.05, 4.69) is 33.9 Å². The minimum absolute atomic E-state index is 0.0308. The number of alkyl halides is 1. The fourth-order valence-electron chi connectivity index (χ4n) is 2.44. The predicted molar refractivity (Wildman–Crippen MR) is 99.9 cm³/mol. The van der Waals surface area contributed by atoms with E-state index in [1.807, 2.05) is 18.2 Å². The minimum atomic E-state index is -3.32. The van der Waals surface area contributed by atoms with Gasteiger partial charge in [-0.3, -0.25) is 4.31 Å². The Kier molecular flexibility index (Phi) is 4.83. The largest absolute Gasteiger partial charge is 0.543 e. The SMILES string of the molecule is CC(C)(C)[Si](C)(C)Oc1ccc2c(c1)N(S(C)(=O)=O)CC2CCl. The molecule has 0 amide bonds. The molecule has 1 aliphatic rings. The van der Waals surface area contributed by atoms with Crippen LogP contribution in [0.25, 0.3) is 0 Å². The average Bonchev–Trinajstić information content (AvgIpc) is 2.74. The Morgan fingerprint density at radius 2 is 1.96 bits per heavy atom. The molecule has 0 bridgehead atoms. The van der Waals surface area contributed by atoms with E-state index in [1.165, 1.54) is 10.6 Å². The zero-order valence-electron chi connectivity index (χ0n) is 14.7. The number of nitrogens with zero attached hydrogens (tertiary/aromatic N) is 1. The van der Waals surface area contributed by atoms with E-state index in [0.29, 0.717) is 18.1 Å². The Bertz CT molecular complexity index is 698. The van der Waals surface area contributed by atoms with Crippen LogP contribution in [0.3, 0.4) is 0 Å². The summed E-state index contributed by atoms with van der Waals surface area (Å²) in [6.07, 6.45) is 1.23. The van der Waals surface area contributed by atoms with Crippen LogP contribution in [0.15, 0.2) is 18.2 Å². The number of rotatable bonds is 4. The predicted octanol–water partition coefficient (Wildman–Crippen LogP) is 4.17. The molecule has 23 heavy (non-hydrogen) atoms.